The van der Waals surface area contributed by atoms with Crippen LogP contribution in [0.2, 0.25) is 0 Å². The Balaban J connectivity index is 1.75. The molecule has 0 aliphatic carbocycles. The van der Waals surface area contributed by atoms with Gasteiger partial charge in [-0.2, -0.15) is 0 Å². The molecule has 3 rings (SSSR count). The van der Waals surface area contributed by atoms with Gasteiger partial charge < -0.3 is 19.7 Å². The van der Waals surface area contributed by atoms with Crippen molar-refractivity contribution >= 4 is 28.6 Å². The number of hydrogen-bond acceptors (Lipinski definition) is 4. The van der Waals surface area contributed by atoms with Crippen LogP contribution < -0.4 is 15.6 Å². The number of allylic oxidation sites excluding steroid dienone is 3. The minimum atomic E-state index is -0.446. The second-order valence-electron chi connectivity index (χ2n) is 8.69. The van der Waals surface area contributed by atoms with Gasteiger partial charge in [0.2, 0.25) is 11.7 Å². The van der Waals surface area contributed by atoms with E-state index in [2.05, 4.69) is 25.2 Å². The maximum absolute atomic E-state index is 12.9. The van der Waals surface area contributed by atoms with Crippen molar-refractivity contribution in [2.45, 2.75) is 33.6 Å². The van der Waals surface area contributed by atoms with Gasteiger partial charge in [0.25, 0.3) is 5.56 Å². The van der Waals surface area contributed by atoms with Crippen LogP contribution in [0.25, 0.3) is 17.0 Å². The molecule has 0 saturated heterocycles. The highest BCUT2D eigenvalue weighted by Gasteiger charge is 2.16. The van der Waals surface area contributed by atoms with Crippen molar-refractivity contribution in [3.63, 3.8) is 0 Å². The molecule has 3 aromatic rings. The lowest BCUT2D eigenvalue weighted by Gasteiger charge is -2.13. The monoisotopic (exact) mass is 472 g/mol. The Labute approximate surface area is 205 Å². The summed E-state index contributed by atoms with van der Waals surface area (Å²) in [7, 11) is 1.61. The van der Waals surface area contributed by atoms with E-state index >= 15 is 0 Å². The summed E-state index contributed by atoms with van der Waals surface area (Å²) < 4.78 is 7.08. The Hall–Kier alpha value is -4.06. The number of ether oxygens (including phenoxy) is 1. The molecule has 2 aromatic carbocycles. The van der Waals surface area contributed by atoms with Crippen LogP contribution in [0.4, 0.5) is 5.69 Å². The molecule has 6 heteroatoms. The van der Waals surface area contributed by atoms with Crippen LogP contribution in [0.15, 0.2) is 82.7 Å². The molecule has 0 spiro atoms. The van der Waals surface area contributed by atoms with Crippen molar-refractivity contribution in [3.8, 4) is 11.5 Å². The van der Waals surface area contributed by atoms with E-state index in [4.69, 9.17) is 4.74 Å². The topological polar surface area (TPSA) is 80.6 Å². The largest absolute Gasteiger partial charge is 0.504 e. The number of aromatic hydroxyl groups is 1. The van der Waals surface area contributed by atoms with E-state index < -0.39 is 5.56 Å². The zero-order valence-corrected chi connectivity index (χ0v) is 20.7. The molecule has 6 nitrogen and oxygen atoms in total. The first-order valence-electron chi connectivity index (χ1n) is 11.6. The van der Waals surface area contributed by atoms with Crippen molar-refractivity contribution in [2.75, 3.05) is 11.9 Å². The molecule has 0 aliphatic heterocycles. The number of carbonyl (C=O) groups is 1. The van der Waals surface area contributed by atoms with Crippen LogP contribution in [0.5, 0.6) is 11.5 Å². The van der Waals surface area contributed by atoms with Crippen LogP contribution in [0.3, 0.4) is 0 Å². The molecule has 0 unspecified atom stereocenters. The fraction of sp³-hybridized carbons (Fsp3) is 0.241. The fourth-order valence-corrected chi connectivity index (χ4v) is 3.58. The lowest BCUT2D eigenvalue weighted by molar-refractivity contribution is -0.111. The van der Waals surface area contributed by atoms with E-state index in [0.717, 1.165) is 24.0 Å². The van der Waals surface area contributed by atoms with E-state index in [1.807, 2.05) is 43.3 Å². The van der Waals surface area contributed by atoms with Crippen LogP contribution in [-0.2, 0) is 11.8 Å². The van der Waals surface area contributed by atoms with Crippen LogP contribution in [-0.4, -0.2) is 22.2 Å². The van der Waals surface area contributed by atoms with Gasteiger partial charge in [-0.05, 0) is 69.5 Å². The van der Waals surface area contributed by atoms with Crippen LogP contribution in [0.1, 0.15) is 39.2 Å². The molecule has 0 radical (unpaired) electrons. The van der Waals surface area contributed by atoms with Gasteiger partial charge >= 0.3 is 0 Å². The van der Waals surface area contributed by atoms with Crippen LogP contribution >= 0.6 is 0 Å². The van der Waals surface area contributed by atoms with Crippen molar-refractivity contribution in [3.05, 3.63) is 93.8 Å². The second-order valence-corrected chi connectivity index (χ2v) is 8.69. The Morgan fingerprint density at radius 3 is 2.54 bits per heavy atom. The number of nitrogens with zero attached hydrogens (tertiary/aromatic N) is 1. The average molecular weight is 473 g/mol. The predicted molar refractivity (Wildman–Crippen MR) is 143 cm³/mol. The first-order valence-corrected chi connectivity index (χ1v) is 11.6. The number of amides is 1. The first kappa shape index (κ1) is 25.6. The lowest BCUT2D eigenvalue weighted by Crippen LogP contribution is -2.20. The number of rotatable bonds is 9. The van der Waals surface area contributed by atoms with Gasteiger partial charge in [0.1, 0.15) is 6.61 Å². The summed E-state index contributed by atoms with van der Waals surface area (Å²) >= 11 is 0. The van der Waals surface area contributed by atoms with Gasteiger partial charge in [0.05, 0.1) is 5.52 Å². The highest BCUT2D eigenvalue weighted by atomic mass is 16.5. The fourth-order valence-electron chi connectivity index (χ4n) is 3.58. The Morgan fingerprint density at radius 1 is 1.09 bits per heavy atom. The quantitative estimate of drug-likeness (QED) is 0.297. The smallest absolute Gasteiger partial charge is 0.297 e. The number of fused-ring (bicyclic) bond motifs is 1. The summed E-state index contributed by atoms with van der Waals surface area (Å²) in [6, 6.07) is 14.5. The number of aromatic nitrogens is 1. The summed E-state index contributed by atoms with van der Waals surface area (Å²) in [4.78, 5) is 25.2. The zero-order valence-electron chi connectivity index (χ0n) is 20.7. The van der Waals surface area contributed by atoms with Crippen molar-refractivity contribution in [1.29, 1.82) is 0 Å². The summed E-state index contributed by atoms with van der Waals surface area (Å²) in [5, 5.41) is 14.0. The molecule has 2 N–H and O–H groups in total. The molecule has 1 amide bonds. The molecule has 0 fully saturated rings. The standard InChI is InChI=1S/C29H32N2O4/c1-20(2)9-8-10-21(3)17-18-35-28-27(33)24-15-14-23(19-25(24)31(4)29(28)34)30-26(32)16-13-22-11-6-5-7-12-22/h5-7,9,11-17,19,33H,8,10,18H2,1-4H3,(H,30,32). The Kier molecular flexibility index (Phi) is 8.68. The molecule has 0 aliphatic rings. The van der Waals surface area contributed by atoms with E-state index in [0.29, 0.717) is 16.6 Å². The van der Waals surface area contributed by atoms with Gasteiger partial charge in [-0.15, -0.1) is 0 Å². The Morgan fingerprint density at radius 2 is 1.83 bits per heavy atom. The average Bonchev–Trinajstić information content (AvgIpc) is 2.84. The molecule has 1 heterocycles. The molecule has 35 heavy (non-hydrogen) atoms. The van der Waals surface area contributed by atoms with Gasteiger partial charge in [-0.3, -0.25) is 9.59 Å². The normalized spacial score (nSPS) is 11.6. The minimum absolute atomic E-state index is 0.0871. The maximum Gasteiger partial charge on any atom is 0.297 e. The number of anilines is 1. The molecule has 0 atom stereocenters. The third kappa shape index (κ3) is 6.96. The number of nitrogens with one attached hydrogen (secondary N) is 1. The number of pyridine rings is 1. The number of benzene rings is 2. The van der Waals surface area contributed by atoms with E-state index in [9.17, 15) is 14.7 Å². The predicted octanol–water partition coefficient (Wildman–Crippen LogP) is 5.97. The van der Waals surface area contributed by atoms with E-state index in [1.165, 1.54) is 16.2 Å². The first-order chi connectivity index (χ1) is 16.8. The van der Waals surface area contributed by atoms with E-state index in [-0.39, 0.29) is 24.0 Å². The molecular formula is C29H32N2O4. The van der Waals surface area contributed by atoms with Crippen molar-refractivity contribution in [2.24, 2.45) is 7.05 Å². The Bertz CT molecular complexity index is 1340. The zero-order chi connectivity index (χ0) is 25.4. The molecule has 0 saturated carbocycles. The van der Waals surface area contributed by atoms with Gasteiger partial charge in [0, 0.05) is 24.2 Å². The summed E-state index contributed by atoms with van der Waals surface area (Å²) in [6.07, 6.45) is 9.13. The van der Waals surface area contributed by atoms with E-state index in [1.54, 1.807) is 31.3 Å². The maximum atomic E-state index is 12.9. The third-order valence-electron chi connectivity index (χ3n) is 5.57. The molecule has 0 bridgehead atoms. The lowest BCUT2D eigenvalue weighted by atomic mass is 10.1. The number of hydrogen-bond donors (Lipinski definition) is 2. The highest BCUT2D eigenvalue weighted by molar-refractivity contribution is 6.03. The van der Waals surface area contributed by atoms with Gasteiger partial charge in [-0.25, -0.2) is 0 Å². The second kappa shape index (κ2) is 11.9. The molecular weight excluding hydrogens is 440 g/mol. The summed E-state index contributed by atoms with van der Waals surface area (Å²) in [5.74, 6) is -0.592. The SMILES string of the molecule is CC(C)=CCCC(C)=CCOc1c(O)c2ccc(NC(=O)C=Cc3ccccc3)cc2n(C)c1=O. The van der Waals surface area contributed by atoms with Crippen LogP contribution in [0, 0.1) is 0 Å². The van der Waals surface area contributed by atoms with Gasteiger partial charge in [0.15, 0.2) is 5.75 Å². The molecule has 1 aromatic heterocycles. The van der Waals surface area contributed by atoms with Crippen molar-refractivity contribution in [1.82, 2.24) is 4.57 Å². The number of aryl methyl sites for hydroxylation is 1. The third-order valence-corrected chi connectivity index (χ3v) is 5.57. The van der Waals surface area contributed by atoms with Crippen molar-refractivity contribution < 1.29 is 14.6 Å². The number of carbonyl (C=O) groups excluding carboxylic acids is 1. The summed E-state index contributed by atoms with van der Waals surface area (Å²) in [6.45, 7) is 6.35. The molecule has 182 valence electrons. The highest BCUT2D eigenvalue weighted by Crippen LogP contribution is 2.32. The summed E-state index contributed by atoms with van der Waals surface area (Å²) in [5.41, 5.74) is 3.90. The van der Waals surface area contributed by atoms with Gasteiger partial charge in [-0.1, -0.05) is 47.6 Å². The minimum Gasteiger partial charge on any atom is -0.504 e.